The minimum absolute atomic E-state index is 0.203. The van der Waals surface area contributed by atoms with Gasteiger partial charge in [-0.05, 0) is 39.7 Å². The summed E-state index contributed by atoms with van der Waals surface area (Å²) >= 11 is 7.55. The Morgan fingerprint density at radius 3 is 2.95 bits per heavy atom. The normalized spacial score (nSPS) is 19.0. The van der Waals surface area contributed by atoms with E-state index in [1.54, 1.807) is 11.3 Å². The largest absolute Gasteiger partial charge is 0.444 e. The smallest absolute Gasteiger partial charge is 0.410 e. The van der Waals surface area contributed by atoms with E-state index in [1.807, 2.05) is 37.1 Å². The number of amides is 1. The molecule has 6 heteroatoms. The van der Waals surface area contributed by atoms with Gasteiger partial charge in [0.1, 0.15) is 5.60 Å². The highest BCUT2D eigenvalue weighted by Gasteiger charge is 2.31. The maximum Gasteiger partial charge on any atom is 0.410 e. The molecule has 4 nitrogen and oxygen atoms in total. The van der Waals surface area contributed by atoms with Crippen LogP contribution < -0.4 is 5.32 Å². The van der Waals surface area contributed by atoms with E-state index in [9.17, 15) is 4.79 Å². The maximum absolute atomic E-state index is 12.2. The summed E-state index contributed by atoms with van der Waals surface area (Å²) in [5.41, 5.74) is -0.439. The van der Waals surface area contributed by atoms with Gasteiger partial charge < -0.3 is 15.0 Å². The van der Waals surface area contributed by atoms with Crippen molar-refractivity contribution in [1.82, 2.24) is 10.2 Å². The van der Waals surface area contributed by atoms with Crippen LogP contribution >= 0.6 is 22.9 Å². The minimum atomic E-state index is -0.439. The average molecular weight is 331 g/mol. The molecule has 1 aliphatic rings. The highest BCUT2D eigenvalue weighted by Crippen LogP contribution is 2.21. The van der Waals surface area contributed by atoms with E-state index in [2.05, 4.69) is 5.32 Å². The van der Waals surface area contributed by atoms with E-state index >= 15 is 0 Å². The van der Waals surface area contributed by atoms with E-state index in [-0.39, 0.29) is 12.1 Å². The van der Waals surface area contributed by atoms with Crippen LogP contribution in [0, 0.1) is 0 Å². The summed E-state index contributed by atoms with van der Waals surface area (Å²) in [4.78, 5) is 15.2. The van der Waals surface area contributed by atoms with Crippen LogP contribution in [0.25, 0.3) is 0 Å². The standard InChI is InChI=1S/C15H23ClN2O2S/c1-15(2,3)20-14(19)18-6-4-5-12(18)8-17-9-13-7-11(16)10-21-13/h7,10,12,17H,4-6,8-9H2,1-3H3. The molecule has 1 saturated heterocycles. The zero-order valence-electron chi connectivity index (χ0n) is 12.8. The molecule has 1 atom stereocenters. The van der Waals surface area contributed by atoms with Crippen LogP contribution in [-0.2, 0) is 11.3 Å². The van der Waals surface area contributed by atoms with E-state index in [1.165, 1.54) is 4.88 Å². The Morgan fingerprint density at radius 2 is 2.33 bits per heavy atom. The summed E-state index contributed by atoms with van der Waals surface area (Å²) < 4.78 is 5.46. The topological polar surface area (TPSA) is 41.6 Å². The molecule has 1 amide bonds. The fraction of sp³-hybridized carbons (Fsp3) is 0.667. The second-order valence-corrected chi connectivity index (χ2v) is 7.76. The van der Waals surface area contributed by atoms with Crippen molar-refractivity contribution in [3.63, 3.8) is 0 Å². The summed E-state index contributed by atoms with van der Waals surface area (Å²) in [5, 5.41) is 6.12. The number of thiophene rings is 1. The number of hydrogen-bond acceptors (Lipinski definition) is 4. The number of nitrogens with zero attached hydrogens (tertiary/aromatic N) is 1. The van der Waals surface area contributed by atoms with Crippen LogP contribution in [0.3, 0.4) is 0 Å². The molecule has 0 bridgehead atoms. The SMILES string of the molecule is CC(C)(C)OC(=O)N1CCCC1CNCc1cc(Cl)cs1. The molecule has 1 aliphatic heterocycles. The number of likely N-dealkylation sites (tertiary alicyclic amines) is 1. The van der Waals surface area contributed by atoms with Crippen molar-refractivity contribution < 1.29 is 9.53 Å². The van der Waals surface area contributed by atoms with Gasteiger partial charge in [0.25, 0.3) is 0 Å². The van der Waals surface area contributed by atoms with Gasteiger partial charge in [0, 0.05) is 35.9 Å². The number of rotatable bonds is 4. The number of ether oxygens (including phenoxy) is 1. The summed E-state index contributed by atoms with van der Waals surface area (Å²) in [7, 11) is 0. The van der Waals surface area contributed by atoms with Crippen molar-refractivity contribution in [3.8, 4) is 0 Å². The van der Waals surface area contributed by atoms with Gasteiger partial charge in [0.15, 0.2) is 0 Å². The third-order valence-corrected chi connectivity index (χ3v) is 4.59. The molecule has 2 heterocycles. The van der Waals surface area contributed by atoms with Crippen LogP contribution in [0.2, 0.25) is 5.02 Å². The predicted molar refractivity (Wildman–Crippen MR) is 87.0 cm³/mol. The van der Waals surface area contributed by atoms with Crippen LogP contribution in [0.5, 0.6) is 0 Å². The van der Waals surface area contributed by atoms with Gasteiger partial charge in [-0.15, -0.1) is 11.3 Å². The lowest BCUT2D eigenvalue weighted by Crippen LogP contribution is -2.43. The Labute approximate surface area is 135 Å². The molecule has 1 aromatic heterocycles. The third-order valence-electron chi connectivity index (χ3n) is 3.31. The molecule has 118 valence electrons. The minimum Gasteiger partial charge on any atom is -0.444 e. The Kier molecular flexibility index (Phi) is 5.52. The lowest BCUT2D eigenvalue weighted by atomic mass is 10.2. The average Bonchev–Trinajstić information content (AvgIpc) is 2.96. The van der Waals surface area contributed by atoms with Crippen molar-refractivity contribution in [3.05, 3.63) is 21.3 Å². The van der Waals surface area contributed by atoms with Crippen LogP contribution in [0.1, 0.15) is 38.5 Å². The summed E-state index contributed by atoms with van der Waals surface area (Å²) in [6.07, 6.45) is 1.86. The van der Waals surface area contributed by atoms with Crippen molar-refractivity contribution in [2.75, 3.05) is 13.1 Å². The first-order valence-corrected chi connectivity index (χ1v) is 8.54. The fourth-order valence-corrected chi connectivity index (χ4v) is 3.46. The van der Waals surface area contributed by atoms with Gasteiger partial charge in [-0.1, -0.05) is 11.6 Å². The number of hydrogen-bond donors (Lipinski definition) is 1. The molecule has 1 N–H and O–H groups in total. The second-order valence-electron chi connectivity index (χ2n) is 6.33. The van der Waals surface area contributed by atoms with Crippen molar-refractivity contribution >= 4 is 29.0 Å². The van der Waals surface area contributed by atoms with Gasteiger partial charge in [0.2, 0.25) is 0 Å². The zero-order chi connectivity index (χ0) is 15.5. The summed E-state index contributed by atoms with van der Waals surface area (Å²) in [5.74, 6) is 0. The Balaban J connectivity index is 1.80. The molecule has 1 aromatic rings. The summed E-state index contributed by atoms with van der Waals surface area (Å²) in [6.45, 7) is 8.05. The van der Waals surface area contributed by atoms with Gasteiger partial charge in [-0.2, -0.15) is 0 Å². The molecule has 0 saturated carbocycles. The molecule has 0 aromatic carbocycles. The lowest BCUT2D eigenvalue weighted by molar-refractivity contribution is 0.0226. The van der Waals surface area contributed by atoms with E-state index in [0.717, 1.165) is 37.5 Å². The molecule has 2 rings (SSSR count). The quantitative estimate of drug-likeness (QED) is 0.910. The Bertz CT molecular complexity index is 484. The molecular formula is C15H23ClN2O2S. The number of carbonyl (C=O) groups is 1. The highest BCUT2D eigenvalue weighted by atomic mass is 35.5. The Hall–Kier alpha value is -0.780. The number of nitrogens with one attached hydrogen (secondary N) is 1. The molecule has 21 heavy (non-hydrogen) atoms. The van der Waals surface area contributed by atoms with Gasteiger partial charge in [0.05, 0.1) is 5.02 Å². The molecule has 0 spiro atoms. The highest BCUT2D eigenvalue weighted by molar-refractivity contribution is 7.10. The predicted octanol–water partition coefficient (Wildman–Crippen LogP) is 3.89. The van der Waals surface area contributed by atoms with Crippen LogP contribution in [0.15, 0.2) is 11.4 Å². The zero-order valence-corrected chi connectivity index (χ0v) is 14.4. The molecule has 1 unspecified atom stereocenters. The summed E-state index contributed by atoms with van der Waals surface area (Å²) in [6, 6.07) is 2.19. The third kappa shape index (κ3) is 5.16. The molecule has 1 fully saturated rings. The molecule has 0 radical (unpaired) electrons. The first-order valence-electron chi connectivity index (χ1n) is 7.28. The van der Waals surface area contributed by atoms with Gasteiger partial charge >= 0.3 is 6.09 Å². The van der Waals surface area contributed by atoms with Crippen molar-refractivity contribution in [1.29, 1.82) is 0 Å². The monoisotopic (exact) mass is 330 g/mol. The maximum atomic E-state index is 12.2. The van der Waals surface area contributed by atoms with Gasteiger partial charge in [-0.3, -0.25) is 0 Å². The Morgan fingerprint density at radius 1 is 1.57 bits per heavy atom. The van der Waals surface area contributed by atoms with E-state index in [4.69, 9.17) is 16.3 Å². The van der Waals surface area contributed by atoms with Crippen molar-refractivity contribution in [2.45, 2.75) is 51.8 Å². The van der Waals surface area contributed by atoms with Gasteiger partial charge in [-0.25, -0.2) is 4.79 Å². The van der Waals surface area contributed by atoms with E-state index in [0.29, 0.717) is 0 Å². The van der Waals surface area contributed by atoms with E-state index < -0.39 is 5.60 Å². The first-order chi connectivity index (χ1) is 9.85. The second kappa shape index (κ2) is 6.99. The van der Waals surface area contributed by atoms with Crippen LogP contribution in [-0.4, -0.2) is 35.7 Å². The molecule has 0 aliphatic carbocycles. The first kappa shape index (κ1) is 16.6. The fourth-order valence-electron chi connectivity index (χ4n) is 2.42. The number of carbonyl (C=O) groups excluding carboxylic acids is 1. The van der Waals surface area contributed by atoms with Crippen LogP contribution in [0.4, 0.5) is 4.79 Å². The lowest BCUT2D eigenvalue weighted by Gasteiger charge is -2.28. The van der Waals surface area contributed by atoms with Crippen molar-refractivity contribution in [2.24, 2.45) is 0 Å². The number of halogens is 1. The molecular weight excluding hydrogens is 308 g/mol.